The van der Waals surface area contributed by atoms with Gasteiger partial charge < -0.3 is 4.74 Å². The van der Waals surface area contributed by atoms with Crippen molar-refractivity contribution in [3.05, 3.63) is 5.28 Å². The van der Waals surface area contributed by atoms with E-state index in [0.29, 0.717) is 17.7 Å². The minimum absolute atomic E-state index is 0.0153. The van der Waals surface area contributed by atoms with Crippen molar-refractivity contribution in [3.8, 4) is 0 Å². The van der Waals surface area contributed by atoms with E-state index in [1.54, 1.807) is 0 Å². The van der Waals surface area contributed by atoms with E-state index in [4.69, 9.17) is 16.3 Å². The predicted molar refractivity (Wildman–Crippen MR) is 57.4 cm³/mol. The van der Waals surface area contributed by atoms with Crippen LogP contribution < -0.4 is 4.90 Å². The molecule has 0 unspecified atom stereocenters. The van der Waals surface area contributed by atoms with Crippen molar-refractivity contribution in [1.82, 2.24) is 9.36 Å². The number of amides is 1. The summed E-state index contributed by atoms with van der Waals surface area (Å²) in [4.78, 5) is 17.0. The molecule has 1 aliphatic rings. The number of rotatable bonds is 2. The number of aromatic nitrogens is 2. The molecule has 1 atom stereocenters. The third-order valence-corrected chi connectivity index (χ3v) is 3.26. The molecule has 1 amide bonds. The van der Waals surface area contributed by atoms with Crippen LogP contribution in [0.1, 0.15) is 13.8 Å². The minimum Gasteiger partial charge on any atom is -0.447 e. The van der Waals surface area contributed by atoms with E-state index in [9.17, 15) is 4.79 Å². The number of anilines is 1. The van der Waals surface area contributed by atoms with Gasteiger partial charge in [-0.3, -0.25) is 0 Å². The first-order valence-corrected chi connectivity index (χ1v) is 5.70. The summed E-state index contributed by atoms with van der Waals surface area (Å²) in [6.45, 7) is 4.46. The van der Waals surface area contributed by atoms with Crippen molar-refractivity contribution in [2.45, 2.75) is 19.9 Å². The lowest BCUT2D eigenvalue weighted by atomic mass is 10.1. The number of carbonyl (C=O) groups excluding carboxylic acids is 1. The van der Waals surface area contributed by atoms with E-state index in [-0.39, 0.29) is 17.4 Å². The topological polar surface area (TPSA) is 55.3 Å². The van der Waals surface area contributed by atoms with Crippen LogP contribution in [-0.4, -0.2) is 28.1 Å². The lowest BCUT2D eigenvalue weighted by Crippen LogP contribution is -2.37. The molecule has 0 radical (unpaired) electrons. The van der Waals surface area contributed by atoms with E-state index < -0.39 is 0 Å². The zero-order chi connectivity index (χ0) is 11.0. The van der Waals surface area contributed by atoms with E-state index >= 15 is 0 Å². The Bertz CT molecular complexity index is 382. The maximum Gasteiger partial charge on any atom is 0.416 e. The second kappa shape index (κ2) is 3.94. The van der Waals surface area contributed by atoms with Crippen molar-refractivity contribution < 1.29 is 9.53 Å². The number of hydrogen-bond donors (Lipinski definition) is 0. The maximum absolute atomic E-state index is 11.5. The van der Waals surface area contributed by atoms with Crippen molar-refractivity contribution in [2.24, 2.45) is 5.92 Å². The van der Waals surface area contributed by atoms with Crippen LogP contribution in [-0.2, 0) is 4.74 Å². The van der Waals surface area contributed by atoms with E-state index in [1.165, 1.54) is 4.90 Å². The fourth-order valence-electron chi connectivity index (χ4n) is 1.44. The van der Waals surface area contributed by atoms with Crippen LogP contribution in [0, 0.1) is 5.92 Å². The summed E-state index contributed by atoms with van der Waals surface area (Å²) in [5.74, 6) is 0.305. The highest BCUT2D eigenvalue weighted by Crippen LogP contribution is 2.29. The predicted octanol–water partition coefficient (Wildman–Crippen LogP) is 2.17. The second-order valence-corrected chi connectivity index (χ2v) is 4.67. The summed E-state index contributed by atoms with van der Waals surface area (Å²) in [7, 11) is 0. The Hall–Kier alpha value is -0.880. The first-order chi connectivity index (χ1) is 7.09. The van der Waals surface area contributed by atoms with Crippen molar-refractivity contribution in [2.75, 3.05) is 11.5 Å². The largest absolute Gasteiger partial charge is 0.447 e. The van der Waals surface area contributed by atoms with Crippen LogP contribution in [0.4, 0.5) is 9.93 Å². The molecule has 1 aromatic heterocycles. The summed E-state index contributed by atoms with van der Waals surface area (Å²) in [6.07, 6.45) is -0.374. The number of ether oxygens (including phenoxy) is 1. The highest BCUT2D eigenvalue weighted by Gasteiger charge is 2.38. The van der Waals surface area contributed by atoms with Gasteiger partial charge in [-0.2, -0.15) is 9.36 Å². The van der Waals surface area contributed by atoms with Crippen molar-refractivity contribution >= 4 is 34.4 Å². The van der Waals surface area contributed by atoms with Gasteiger partial charge >= 0.3 is 6.09 Å². The number of hydrogen-bond acceptors (Lipinski definition) is 5. The van der Waals surface area contributed by atoms with Gasteiger partial charge in [-0.1, -0.05) is 13.8 Å². The quantitative estimate of drug-likeness (QED) is 0.804. The average molecular weight is 248 g/mol. The van der Waals surface area contributed by atoms with Gasteiger partial charge in [-0.15, -0.1) is 0 Å². The van der Waals surface area contributed by atoms with Gasteiger partial charge in [0.15, 0.2) is 0 Å². The average Bonchev–Trinajstić information content (AvgIpc) is 2.71. The molecule has 0 bridgehead atoms. The van der Waals surface area contributed by atoms with Crippen LogP contribution >= 0.6 is 23.1 Å². The monoisotopic (exact) mass is 247 g/mol. The molecule has 7 heteroatoms. The summed E-state index contributed by atoms with van der Waals surface area (Å²) >= 11 is 6.73. The summed E-state index contributed by atoms with van der Waals surface area (Å²) in [6, 6.07) is 0.0153. The molecular formula is C8H10ClN3O2S. The highest BCUT2D eigenvalue weighted by molar-refractivity contribution is 7.10. The van der Waals surface area contributed by atoms with Crippen molar-refractivity contribution in [3.63, 3.8) is 0 Å². The number of carbonyl (C=O) groups is 1. The third-order valence-electron chi connectivity index (χ3n) is 2.27. The Morgan fingerprint density at radius 2 is 2.40 bits per heavy atom. The summed E-state index contributed by atoms with van der Waals surface area (Å²) in [5, 5.41) is 0.665. The molecular weight excluding hydrogens is 238 g/mol. The van der Waals surface area contributed by atoms with E-state index in [2.05, 4.69) is 9.36 Å². The van der Waals surface area contributed by atoms with E-state index in [0.717, 1.165) is 11.5 Å². The Kier molecular flexibility index (Phi) is 2.79. The first kappa shape index (κ1) is 10.6. The number of nitrogens with zero attached hydrogens (tertiary/aromatic N) is 3. The fraction of sp³-hybridized carbons (Fsp3) is 0.625. The first-order valence-electron chi connectivity index (χ1n) is 4.55. The molecule has 82 valence electrons. The normalized spacial score (nSPS) is 21.2. The lowest BCUT2D eigenvalue weighted by molar-refractivity contribution is 0.177. The van der Waals surface area contributed by atoms with Crippen LogP contribution in [0.3, 0.4) is 0 Å². The van der Waals surface area contributed by atoms with E-state index in [1.807, 2.05) is 13.8 Å². The van der Waals surface area contributed by atoms with Gasteiger partial charge in [0.2, 0.25) is 10.4 Å². The molecule has 0 aliphatic carbocycles. The molecule has 2 rings (SSSR count). The zero-order valence-corrected chi connectivity index (χ0v) is 9.88. The van der Waals surface area contributed by atoms with Gasteiger partial charge in [-0.25, -0.2) is 9.69 Å². The SMILES string of the molecule is CC(C)[C@H]1COC(=O)N1c1nc(Cl)ns1. The molecule has 1 aliphatic heterocycles. The van der Waals surface area contributed by atoms with Gasteiger partial charge in [0.25, 0.3) is 0 Å². The van der Waals surface area contributed by atoms with Gasteiger partial charge in [0.05, 0.1) is 6.04 Å². The Balaban J connectivity index is 2.28. The Morgan fingerprint density at radius 3 is 2.93 bits per heavy atom. The molecule has 0 spiro atoms. The van der Waals surface area contributed by atoms with Crippen LogP contribution in [0.15, 0.2) is 0 Å². The highest BCUT2D eigenvalue weighted by atomic mass is 35.5. The molecule has 0 saturated carbocycles. The summed E-state index contributed by atoms with van der Waals surface area (Å²) in [5.41, 5.74) is 0. The van der Waals surface area contributed by atoms with Crippen LogP contribution in [0.5, 0.6) is 0 Å². The van der Waals surface area contributed by atoms with Gasteiger partial charge in [0, 0.05) is 11.5 Å². The molecule has 0 N–H and O–H groups in total. The molecule has 1 fully saturated rings. The van der Waals surface area contributed by atoms with Gasteiger partial charge in [0.1, 0.15) is 6.61 Å². The van der Waals surface area contributed by atoms with Crippen LogP contribution in [0.25, 0.3) is 0 Å². The standard InChI is InChI=1S/C8H10ClN3O2S/c1-4(2)5-3-14-8(13)12(5)7-10-6(9)11-15-7/h4-5H,3H2,1-2H3/t5-/m1/s1. The van der Waals surface area contributed by atoms with Gasteiger partial charge in [-0.05, 0) is 17.5 Å². The Labute approximate surface area is 96.2 Å². The van der Waals surface area contributed by atoms with Crippen molar-refractivity contribution in [1.29, 1.82) is 0 Å². The molecule has 15 heavy (non-hydrogen) atoms. The third kappa shape index (κ3) is 1.91. The summed E-state index contributed by atoms with van der Waals surface area (Å²) < 4.78 is 8.82. The molecule has 2 heterocycles. The smallest absolute Gasteiger partial charge is 0.416 e. The molecule has 5 nitrogen and oxygen atoms in total. The fourth-order valence-corrected chi connectivity index (χ4v) is 2.30. The molecule has 0 aromatic carbocycles. The number of cyclic esters (lactones) is 1. The minimum atomic E-state index is -0.374. The van der Waals surface area contributed by atoms with Crippen LogP contribution in [0.2, 0.25) is 5.28 Å². The molecule has 1 saturated heterocycles. The zero-order valence-electron chi connectivity index (χ0n) is 8.31. The lowest BCUT2D eigenvalue weighted by Gasteiger charge is -2.20. The molecule has 1 aromatic rings. The maximum atomic E-state index is 11.5. The second-order valence-electron chi connectivity index (χ2n) is 3.60. The number of halogens is 1. The Morgan fingerprint density at radius 1 is 1.67 bits per heavy atom.